The summed E-state index contributed by atoms with van der Waals surface area (Å²) in [6.07, 6.45) is -9.91. The number of nitro benzene ring substituents is 1. The second kappa shape index (κ2) is 18.2. The molecule has 0 aliphatic carbocycles. The fourth-order valence-corrected chi connectivity index (χ4v) is 13.4. The topological polar surface area (TPSA) is 110 Å². The summed E-state index contributed by atoms with van der Waals surface area (Å²) >= 11 is 0.881. The number of sulfonamides is 1. The summed E-state index contributed by atoms with van der Waals surface area (Å²) < 4.78 is 273. The molecule has 1 aromatic carbocycles. The van der Waals surface area contributed by atoms with Crippen LogP contribution in [-0.4, -0.2) is 91.4 Å². The fraction of sp³-hybridized carbons (Fsp3) is 0.636. The smallest absolute Gasteiger partial charge is 0.415 e. The van der Waals surface area contributed by atoms with Gasteiger partial charge in [0, 0.05) is 28.8 Å². The van der Waals surface area contributed by atoms with Crippen molar-refractivity contribution in [1.82, 2.24) is 4.31 Å². The Morgan fingerprint density at radius 3 is 1.67 bits per heavy atom. The third-order valence-electron chi connectivity index (χ3n) is 9.80. The molecular formula is C33H37F17N2O6S2Si. The largest absolute Gasteiger partial charge is 0.460 e. The van der Waals surface area contributed by atoms with Crippen LogP contribution in [0.4, 0.5) is 80.3 Å². The van der Waals surface area contributed by atoms with Crippen LogP contribution < -0.4 is 0 Å². The number of aliphatic hydroxyl groups is 1. The van der Waals surface area contributed by atoms with Gasteiger partial charge in [-0.25, -0.2) is 8.42 Å². The molecule has 350 valence electrons. The van der Waals surface area contributed by atoms with Crippen LogP contribution in [0.15, 0.2) is 53.9 Å². The highest BCUT2D eigenvalue weighted by Gasteiger charge is 2.95. The van der Waals surface area contributed by atoms with Crippen LogP contribution in [0, 0.1) is 10.1 Å². The Morgan fingerprint density at radius 1 is 0.787 bits per heavy atom. The number of hydrogen-bond acceptors (Lipinski definition) is 7. The van der Waals surface area contributed by atoms with Gasteiger partial charge >= 0.3 is 47.6 Å². The Kier molecular flexibility index (Phi) is 16.1. The molecule has 28 heteroatoms. The molecule has 0 unspecified atom stereocenters. The number of hydrogen-bond donors (Lipinski definition) is 1. The predicted octanol–water partition coefficient (Wildman–Crippen LogP) is 11.5. The van der Waals surface area contributed by atoms with Crippen molar-refractivity contribution in [2.24, 2.45) is 0 Å². The standard InChI is InChI=1S/C33H37F17N2O6S2Si/c1-6-9-21(51(16-22-12-13-23(17-53)59-22)60(56,57)25-11-8-7-10-24(25)52(54)55)18-58-61(19(2)3,20(4)5)15-14-26(34,35)27(36,37)28(38,39)29(40,41)30(42,43)31(44,45)32(46,47)33(48,49)50/h6-8,10-13,19-21,53H,1,9,14-18H2,2-5H3/t21-/m1/s1. The third-order valence-corrected chi connectivity index (χ3v) is 18.4. The molecule has 0 saturated heterocycles. The number of thiophene rings is 1. The van der Waals surface area contributed by atoms with Gasteiger partial charge in [0.15, 0.2) is 13.2 Å². The monoisotopic (exact) mass is 972 g/mol. The Labute approximate surface area is 341 Å². The molecule has 1 aromatic heterocycles. The Bertz CT molecular complexity index is 1950. The number of nitrogens with zero attached hydrogens (tertiary/aromatic N) is 2. The first-order valence-electron chi connectivity index (χ1n) is 17.2. The molecule has 2 rings (SSSR count). The van der Waals surface area contributed by atoms with Gasteiger partial charge in [0.1, 0.15) is 0 Å². The quantitative estimate of drug-likeness (QED) is 0.0390. The van der Waals surface area contributed by atoms with Gasteiger partial charge in [0.2, 0.25) is 0 Å². The zero-order chi connectivity index (χ0) is 47.8. The lowest BCUT2D eigenvalue weighted by Crippen LogP contribution is -2.74. The van der Waals surface area contributed by atoms with Crippen LogP contribution in [0.5, 0.6) is 0 Å². The van der Waals surface area contributed by atoms with Gasteiger partial charge in [0.05, 0.1) is 24.2 Å². The minimum absolute atomic E-state index is 0.210. The van der Waals surface area contributed by atoms with E-state index in [-0.39, 0.29) is 4.88 Å². The van der Waals surface area contributed by atoms with Crippen LogP contribution in [0.3, 0.4) is 0 Å². The molecule has 0 fully saturated rings. The molecule has 0 aliphatic heterocycles. The maximum Gasteiger partial charge on any atom is 0.460 e. The molecule has 0 aliphatic rings. The van der Waals surface area contributed by atoms with Crippen molar-refractivity contribution >= 4 is 35.4 Å². The van der Waals surface area contributed by atoms with E-state index in [1.54, 1.807) is 0 Å². The van der Waals surface area contributed by atoms with E-state index in [1.165, 1.54) is 39.8 Å². The highest BCUT2D eigenvalue weighted by molar-refractivity contribution is 7.89. The summed E-state index contributed by atoms with van der Waals surface area (Å²) in [6.45, 7) is 6.29. The van der Waals surface area contributed by atoms with Gasteiger partial charge in [-0.1, -0.05) is 45.9 Å². The molecule has 0 saturated carbocycles. The van der Waals surface area contributed by atoms with Gasteiger partial charge in [-0.2, -0.15) is 78.9 Å². The minimum atomic E-state index is -8.77. The number of alkyl halides is 17. The third kappa shape index (κ3) is 9.57. The van der Waals surface area contributed by atoms with Crippen LogP contribution in [-0.2, 0) is 27.6 Å². The molecule has 1 atom stereocenters. The lowest BCUT2D eigenvalue weighted by Gasteiger charge is -2.44. The van der Waals surface area contributed by atoms with Crippen molar-refractivity contribution in [3.8, 4) is 0 Å². The first-order chi connectivity index (χ1) is 27.3. The van der Waals surface area contributed by atoms with E-state index >= 15 is 8.78 Å². The molecule has 0 radical (unpaired) electrons. The van der Waals surface area contributed by atoms with Crippen LogP contribution in [0.25, 0.3) is 0 Å². The highest BCUT2D eigenvalue weighted by atomic mass is 32.2. The predicted molar refractivity (Wildman–Crippen MR) is 187 cm³/mol. The average molecular weight is 973 g/mol. The zero-order valence-corrected chi connectivity index (χ0v) is 34.5. The molecule has 1 N–H and O–H groups in total. The summed E-state index contributed by atoms with van der Waals surface area (Å²) in [7, 11) is -9.39. The average Bonchev–Trinajstić information content (AvgIpc) is 3.60. The summed E-state index contributed by atoms with van der Waals surface area (Å²) in [4.78, 5) is 10.4. The Balaban J connectivity index is 2.68. The van der Waals surface area contributed by atoms with Gasteiger partial charge in [-0.05, 0) is 41.7 Å². The van der Waals surface area contributed by atoms with E-state index in [0.29, 0.717) is 9.18 Å². The SMILES string of the molecule is C=CC[C@H](CO[Si](CCC(F)(F)C(F)(F)C(F)(F)C(F)(F)C(F)(F)C(F)(F)C(F)(F)C(F)(F)F)(C(C)C)C(C)C)N(Cc1ccc(CO)s1)S(=O)(=O)c1ccccc1[N+](=O)[O-]. The summed E-state index contributed by atoms with van der Waals surface area (Å²) in [6, 6.07) is 3.67. The van der Waals surface area contributed by atoms with E-state index < -0.39 is 137 Å². The van der Waals surface area contributed by atoms with Gasteiger partial charge in [-0.3, -0.25) is 10.1 Å². The Hall–Kier alpha value is -3.08. The number of nitro groups is 1. The summed E-state index contributed by atoms with van der Waals surface area (Å²) in [5.41, 5.74) is -3.11. The van der Waals surface area contributed by atoms with E-state index in [9.17, 15) is 89.5 Å². The van der Waals surface area contributed by atoms with Crippen LogP contribution in [0.1, 0.15) is 50.3 Å². The molecule has 0 amide bonds. The first-order valence-corrected chi connectivity index (χ1v) is 21.8. The van der Waals surface area contributed by atoms with Gasteiger partial charge < -0.3 is 9.53 Å². The van der Waals surface area contributed by atoms with Crippen molar-refractivity contribution < 1.29 is 97.5 Å². The van der Waals surface area contributed by atoms with E-state index in [2.05, 4.69) is 6.58 Å². The molecule has 2 aromatic rings. The lowest BCUT2D eigenvalue weighted by atomic mass is 9.88. The maximum atomic E-state index is 15.2. The van der Waals surface area contributed by atoms with Crippen LogP contribution >= 0.6 is 11.3 Å². The van der Waals surface area contributed by atoms with E-state index in [4.69, 9.17) is 4.43 Å². The molecule has 0 spiro atoms. The van der Waals surface area contributed by atoms with E-state index in [0.717, 1.165) is 41.7 Å². The lowest BCUT2D eigenvalue weighted by molar-refractivity contribution is -0.461. The van der Waals surface area contributed by atoms with Gasteiger partial charge in [0.25, 0.3) is 15.7 Å². The van der Waals surface area contributed by atoms with Crippen LogP contribution in [0.2, 0.25) is 17.1 Å². The minimum Gasteiger partial charge on any atom is -0.415 e. The first kappa shape index (κ1) is 54.1. The molecule has 61 heavy (non-hydrogen) atoms. The summed E-state index contributed by atoms with van der Waals surface area (Å²) in [5, 5.41) is 21.3. The number of rotatable bonds is 23. The van der Waals surface area contributed by atoms with Gasteiger partial charge in [-0.15, -0.1) is 17.9 Å². The normalized spacial score (nSPS) is 15.2. The molecule has 1 heterocycles. The van der Waals surface area contributed by atoms with Crippen molar-refractivity contribution in [2.75, 3.05) is 6.61 Å². The second-order valence-electron chi connectivity index (χ2n) is 14.2. The highest BCUT2D eigenvalue weighted by Crippen LogP contribution is 2.64. The number of benzene rings is 1. The number of para-hydroxylation sites is 1. The molecular weight excluding hydrogens is 936 g/mol. The van der Waals surface area contributed by atoms with Crippen molar-refractivity contribution in [3.05, 3.63) is 68.9 Å². The van der Waals surface area contributed by atoms with Crippen molar-refractivity contribution in [3.63, 3.8) is 0 Å². The number of halogens is 17. The summed E-state index contributed by atoms with van der Waals surface area (Å²) in [5.74, 6) is -57.4. The fourth-order valence-electron chi connectivity index (χ4n) is 6.18. The van der Waals surface area contributed by atoms with E-state index in [1.807, 2.05) is 0 Å². The maximum absolute atomic E-state index is 15.2. The molecule has 0 bridgehead atoms. The molecule has 8 nitrogen and oxygen atoms in total. The second-order valence-corrected chi connectivity index (χ2v) is 22.3. The zero-order valence-electron chi connectivity index (χ0n) is 31.8. The van der Waals surface area contributed by atoms with Crippen molar-refractivity contribution in [1.29, 1.82) is 0 Å². The Morgan fingerprint density at radius 2 is 1.25 bits per heavy atom. The number of aliphatic hydroxyl groups excluding tert-OH is 1. The van der Waals surface area contributed by atoms with Crippen molar-refractivity contribution in [2.45, 2.75) is 129 Å².